The maximum atomic E-state index is 15.2. The van der Waals surface area contributed by atoms with Gasteiger partial charge in [0.2, 0.25) is 5.95 Å². The topological polar surface area (TPSA) is 170 Å². The molecular formula is C36H61FN12O6Si. The molecule has 0 spiro atoms. The molecule has 2 fully saturated rings. The highest BCUT2D eigenvalue weighted by Gasteiger charge is 2.36. The fourth-order valence-electron chi connectivity index (χ4n) is 6.37. The molecule has 5 heterocycles. The fraction of sp³-hybridized carbons (Fsp3) is 0.722. The second-order valence-corrected chi connectivity index (χ2v) is 22.3. The molecule has 0 unspecified atom stereocenters. The number of hydrogen-bond donors (Lipinski definition) is 2. The van der Waals surface area contributed by atoms with Gasteiger partial charge in [-0.15, -0.1) is 5.10 Å². The van der Waals surface area contributed by atoms with Crippen LogP contribution in [0.3, 0.4) is 0 Å². The summed E-state index contributed by atoms with van der Waals surface area (Å²) < 4.78 is 35.1. The number of amides is 2. The molecule has 3 aromatic rings. The summed E-state index contributed by atoms with van der Waals surface area (Å²) in [5.74, 6) is 1.15. The van der Waals surface area contributed by atoms with Gasteiger partial charge in [-0.25, -0.2) is 19.0 Å². The van der Waals surface area contributed by atoms with E-state index in [0.29, 0.717) is 54.3 Å². The number of rotatable bonds is 17. The number of hydroxylamine groups is 2. The standard InChI is InChI=1S/C36H61FN12O6Si/c1-36(2,3)55-35(51)45(5)54-19-11-13-47-17-15-46(16-18-47)12-10-14-49-24-28(32(43-49)52-6)39-30-29-31(44(4)25-38-29)42-33(41-30)48-22-26(37)27(23-48)40-34(50)53-20-21-56(7,8)9/h24-27H,10-23H2,1-9H3,(H,40,50)(H,39,41,42)/t26-,27-/m1/s1. The number of aromatic nitrogens is 6. The van der Waals surface area contributed by atoms with E-state index in [2.05, 4.69) is 50.2 Å². The van der Waals surface area contributed by atoms with Crippen LogP contribution in [0.4, 0.5) is 31.4 Å². The molecule has 2 N–H and O–H groups in total. The molecule has 2 atom stereocenters. The maximum Gasteiger partial charge on any atom is 0.434 e. The van der Waals surface area contributed by atoms with Crippen LogP contribution in [-0.2, 0) is 27.9 Å². The maximum absolute atomic E-state index is 15.2. The van der Waals surface area contributed by atoms with Crippen LogP contribution in [0.15, 0.2) is 12.5 Å². The molecule has 2 saturated heterocycles. The van der Waals surface area contributed by atoms with Gasteiger partial charge < -0.3 is 44.1 Å². The SMILES string of the molecule is COc1nn(CCCN2CCN(CCCON(C)C(=O)OC(C)(C)C)CC2)cc1Nc1nc(N2C[C@@H](F)[C@H](NC(=O)OCC[Si](C)(C)C)C2)nc2c1ncn2C. The van der Waals surface area contributed by atoms with E-state index in [1.807, 2.05) is 38.7 Å². The van der Waals surface area contributed by atoms with Gasteiger partial charge in [0.1, 0.15) is 17.5 Å². The molecule has 3 aromatic heterocycles. The lowest BCUT2D eigenvalue weighted by Gasteiger charge is -2.34. The average molecular weight is 805 g/mol. The Morgan fingerprint density at radius 2 is 1.71 bits per heavy atom. The van der Waals surface area contributed by atoms with E-state index >= 15 is 4.39 Å². The number of methoxy groups -OCH3 is 1. The predicted molar refractivity (Wildman–Crippen MR) is 214 cm³/mol. The number of nitrogens with zero attached hydrogens (tertiary/aromatic N) is 10. The summed E-state index contributed by atoms with van der Waals surface area (Å²) in [6.07, 6.45) is 2.82. The van der Waals surface area contributed by atoms with Crippen molar-refractivity contribution in [2.75, 3.05) is 89.9 Å². The van der Waals surface area contributed by atoms with Gasteiger partial charge in [0.25, 0.3) is 5.88 Å². The van der Waals surface area contributed by atoms with Crippen LogP contribution in [0.1, 0.15) is 33.6 Å². The Bertz CT molecular complexity index is 1760. The predicted octanol–water partition coefficient (Wildman–Crippen LogP) is 4.10. The number of alkyl carbamates (subject to hydrolysis) is 1. The number of alkyl halides is 1. The number of hydrogen-bond acceptors (Lipinski definition) is 14. The molecule has 2 amide bonds. The number of anilines is 3. The first-order valence-corrected chi connectivity index (χ1v) is 23.1. The van der Waals surface area contributed by atoms with Crippen LogP contribution in [0.25, 0.3) is 11.2 Å². The van der Waals surface area contributed by atoms with Crippen molar-refractivity contribution < 1.29 is 33.0 Å². The van der Waals surface area contributed by atoms with Crippen LogP contribution in [-0.4, -0.2) is 162 Å². The lowest BCUT2D eigenvalue weighted by Crippen LogP contribution is -2.47. The molecular weight excluding hydrogens is 744 g/mol. The minimum Gasteiger partial charge on any atom is -0.478 e. The zero-order valence-electron chi connectivity index (χ0n) is 34.5. The normalized spacial score (nSPS) is 18.4. The number of aryl methyl sites for hydroxylation is 2. The highest BCUT2D eigenvalue weighted by molar-refractivity contribution is 6.76. The summed E-state index contributed by atoms with van der Waals surface area (Å²) in [6.45, 7) is 19.5. The Morgan fingerprint density at radius 1 is 1.02 bits per heavy atom. The first-order chi connectivity index (χ1) is 26.5. The van der Waals surface area contributed by atoms with E-state index in [1.54, 1.807) is 30.0 Å². The molecule has 312 valence electrons. The van der Waals surface area contributed by atoms with E-state index in [9.17, 15) is 9.59 Å². The third-order valence-corrected chi connectivity index (χ3v) is 11.2. The second-order valence-electron chi connectivity index (χ2n) is 16.7. The van der Waals surface area contributed by atoms with Crippen molar-refractivity contribution in [3.63, 3.8) is 0 Å². The van der Waals surface area contributed by atoms with Crippen molar-refractivity contribution in [2.45, 2.75) is 83.7 Å². The van der Waals surface area contributed by atoms with Gasteiger partial charge in [-0.05, 0) is 46.2 Å². The van der Waals surface area contributed by atoms with Crippen molar-refractivity contribution >= 4 is 48.9 Å². The second kappa shape index (κ2) is 18.8. The number of carbonyl (C=O) groups is 2. The number of nitrogens with one attached hydrogen (secondary N) is 2. The van der Waals surface area contributed by atoms with Crippen LogP contribution in [0, 0.1) is 0 Å². The van der Waals surface area contributed by atoms with Gasteiger partial charge >= 0.3 is 12.2 Å². The highest BCUT2D eigenvalue weighted by Crippen LogP contribution is 2.31. The van der Waals surface area contributed by atoms with E-state index in [1.165, 1.54) is 0 Å². The third-order valence-electron chi connectivity index (χ3n) is 9.52. The summed E-state index contributed by atoms with van der Waals surface area (Å²) in [4.78, 5) is 50.7. The van der Waals surface area contributed by atoms with Crippen LogP contribution in [0.2, 0.25) is 25.7 Å². The lowest BCUT2D eigenvalue weighted by molar-refractivity contribution is -0.132. The molecule has 0 aliphatic carbocycles. The van der Waals surface area contributed by atoms with Gasteiger partial charge in [0.15, 0.2) is 17.0 Å². The highest BCUT2D eigenvalue weighted by atomic mass is 28.3. The van der Waals surface area contributed by atoms with Gasteiger partial charge in [-0.2, -0.15) is 15.0 Å². The Hall–Kier alpha value is -4.27. The van der Waals surface area contributed by atoms with E-state index in [0.717, 1.165) is 63.2 Å². The van der Waals surface area contributed by atoms with Crippen molar-refractivity contribution in [1.29, 1.82) is 0 Å². The molecule has 0 radical (unpaired) electrons. The van der Waals surface area contributed by atoms with Crippen LogP contribution in [0.5, 0.6) is 5.88 Å². The van der Waals surface area contributed by atoms with E-state index < -0.39 is 38.1 Å². The third kappa shape index (κ3) is 12.4. The van der Waals surface area contributed by atoms with Crippen molar-refractivity contribution in [1.82, 2.24) is 49.5 Å². The summed E-state index contributed by atoms with van der Waals surface area (Å²) in [5, 5.41) is 11.8. The molecule has 0 aromatic carbocycles. The van der Waals surface area contributed by atoms with E-state index in [4.69, 9.17) is 29.0 Å². The number of piperazine rings is 1. The summed E-state index contributed by atoms with van der Waals surface area (Å²) >= 11 is 0. The molecule has 5 rings (SSSR count). The average Bonchev–Trinajstić information content (AvgIpc) is 3.81. The first-order valence-electron chi connectivity index (χ1n) is 19.4. The molecule has 2 aliphatic heterocycles. The number of ether oxygens (including phenoxy) is 3. The monoisotopic (exact) mass is 804 g/mol. The van der Waals surface area contributed by atoms with E-state index in [-0.39, 0.29) is 13.1 Å². The quantitative estimate of drug-likeness (QED) is 0.114. The summed E-state index contributed by atoms with van der Waals surface area (Å²) in [7, 11) is 3.61. The minimum atomic E-state index is -1.37. The Labute approximate surface area is 329 Å². The number of imidazole rings is 1. The number of fused-ring (bicyclic) bond motifs is 1. The first kappa shape index (κ1) is 42.9. The van der Waals surface area contributed by atoms with Crippen LogP contribution >= 0.6 is 0 Å². The molecule has 0 saturated carbocycles. The van der Waals surface area contributed by atoms with Gasteiger partial charge in [-0.1, -0.05) is 19.6 Å². The Morgan fingerprint density at radius 3 is 2.38 bits per heavy atom. The zero-order chi connectivity index (χ0) is 40.6. The Kier molecular flexibility index (Phi) is 14.4. The van der Waals surface area contributed by atoms with Crippen LogP contribution < -0.4 is 20.3 Å². The van der Waals surface area contributed by atoms with Gasteiger partial charge in [-0.3, -0.25) is 9.52 Å². The van der Waals surface area contributed by atoms with Crippen molar-refractivity contribution in [3.05, 3.63) is 12.5 Å². The fourth-order valence-corrected chi connectivity index (χ4v) is 7.09. The molecule has 18 nitrogen and oxygen atoms in total. The Balaban J connectivity index is 1.10. The number of carbonyl (C=O) groups excluding carboxylic acids is 2. The molecule has 2 aliphatic rings. The van der Waals surface area contributed by atoms with Crippen molar-refractivity contribution in [3.8, 4) is 5.88 Å². The number of halogens is 1. The summed E-state index contributed by atoms with van der Waals surface area (Å²) in [5.41, 5.74) is 1.17. The lowest BCUT2D eigenvalue weighted by atomic mass is 10.2. The smallest absolute Gasteiger partial charge is 0.434 e. The zero-order valence-corrected chi connectivity index (χ0v) is 35.5. The van der Waals surface area contributed by atoms with Gasteiger partial charge in [0, 0.05) is 68.0 Å². The molecule has 20 heteroatoms. The summed E-state index contributed by atoms with van der Waals surface area (Å²) in [6, 6.07) is 0.0790. The molecule has 56 heavy (non-hydrogen) atoms. The van der Waals surface area contributed by atoms with Crippen molar-refractivity contribution in [2.24, 2.45) is 7.05 Å². The largest absolute Gasteiger partial charge is 0.478 e. The molecule has 0 bridgehead atoms. The van der Waals surface area contributed by atoms with Gasteiger partial charge in [0.05, 0.1) is 45.4 Å². The minimum absolute atomic E-state index is 0.0170.